The zero-order valence-corrected chi connectivity index (χ0v) is 18.9. The lowest BCUT2D eigenvalue weighted by Gasteiger charge is -2.09. The van der Waals surface area contributed by atoms with E-state index < -0.39 is 5.97 Å². The summed E-state index contributed by atoms with van der Waals surface area (Å²) < 4.78 is 6.41. The number of ether oxygens (including phenoxy) is 1. The quantitative estimate of drug-likeness (QED) is 0.163. The first-order chi connectivity index (χ1) is 14.4. The summed E-state index contributed by atoms with van der Waals surface area (Å²) in [6, 6.07) is 20.4. The van der Waals surface area contributed by atoms with E-state index >= 15 is 0 Å². The van der Waals surface area contributed by atoms with E-state index in [2.05, 4.69) is 31.8 Å². The van der Waals surface area contributed by atoms with E-state index in [1.54, 1.807) is 36.5 Å². The number of nitrogens with one attached hydrogen (secondary N) is 2. The topological polar surface area (TPSA) is 62.7 Å². The van der Waals surface area contributed by atoms with Gasteiger partial charge >= 0.3 is 5.97 Å². The summed E-state index contributed by atoms with van der Waals surface area (Å²) in [6.07, 6.45) is 1.55. The van der Waals surface area contributed by atoms with Gasteiger partial charge in [-0.1, -0.05) is 45.8 Å². The Bertz CT molecular complexity index is 1120. The van der Waals surface area contributed by atoms with E-state index in [0.29, 0.717) is 22.0 Å². The van der Waals surface area contributed by atoms with Gasteiger partial charge in [-0.2, -0.15) is 5.10 Å². The molecule has 0 heterocycles. The number of hydrazone groups is 1. The molecule has 2 N–H and O–H groups in total. The number of halogens is 1. The third-order valence-corrected chi connectivity index (χ3v) is 4.76. The largest absolute Gasteiger partial charge is 0.422 e. The molecule has 3 aromatic rings. The number of esters is 1. The Morgan fingerprint density at radius 1 is 1.03 bits per heavy atom. The minimum absolute atomic E-state index is 0.352. The van der Waals surface area contributed by atoms with Crippen molar-refractivity contribution in [3.63, 3.8) is 0 Å². The molecule has 3 rings (SSSR count). The Hall–Kier alpha value is -3.03. The molecule has 0 amide bonds. The Morgan fingerprint density at radius 2 is 1.77 bits per heavy atom. The lowest BCUT2D eigenvalue weighted by Crippen LogP contribution is -2.23. The van der Waals surface area contributed by atoms with Crippen molar-refractivity contribution in [2.24, 2.45) is 5.10 Å². The normalized spacial score (nSPS) is 10.6. The molecule has 0 radical (unpaired) electrons. The molecule has 5 nitrogen and oxygen atoms in total. The van der Waals surface area contributed by atoms with Gasteiger partial charge in [-0.3, -0.25) is 5.43 Å². The molecule has 0 spiro atoms. The maximum absolute atomic E-state index is 12.5. The highest BCUT2D eigenvalue weighted by molar-refractivity contribution is 9.10. The van der Waals surface area contributed by atoms with Crippen LogP contribution >= 0.6 is 28.1 Å². The zero-order chi connectivity index (χ0) is 21.5. The Kier molecular flexibility index (Phi) is 7.32. The molecule has 0 saturated carbocycles. The molecule has 152 valence electrons. The van der Waals surface area contributed by atoms with E-state index in [1.165, 1.54) is 0 Å². The number of nitrogens with zero attached hydrogens (tertiary/aromatic N) is 1. The molecular formula is C23H20BrN3O2S. The smallest absolute Gasteiger partial charge is 0.343 e. The number of benzene rings is 3. The van der Waals surface area contributed by atoms with E-state index in [0.717, 1.165) is 21.3 Å². The number of rotatable bonds is 5. The minimum Gasteiger partial charge on any atom is -0.422 e. The molecular weight excluding hydrogens is 462 g/mol. The van der Waals surface area contributed by atoms with Crippen LogP contribution in [-0.4, -0.2) is 17.3 Å². The molecule has 0 bridgehead atoms. The van der Waals surface area contributed by atoms with Gasteiger partial charge in [-0.25, -0.2) is 4.79 Å². The van der Waals surface area contributed by atoms with Crippen molar-refractivity contribution < 1.29 is 9.53 Å². The molecule has 30 heavy (non-hydrogen) atoms. The van der Waals surface area contributed by atoms with Crippen LogP contribution in [0.4, 0.5) is 5.69 Å². The molecule has 0 unspecified atom stereocenters. The molecule has 0 atom stereocenters. The van der Waals surface area contributed by atoms with Crippen LogP contribution in [0.1, 0.15) is 27.0 Å². The number of hydrogen-bond donors (Lipinski definition) is 2. The van der Waals surface area contributed by atoms with Crippen LogP contribution in [0.3, 0.4) is 0 Å². The molecule has 0 saturated heterocycles. The van der Waals surface area contributed by atoms with Crippen LogP contribution in [-0.2, 0) is 0 Å². The van der Waals surface area contributed by atoms with E-state index in [4.69, 9.17) is 17.0 Å². The summed E-state index contributed by atoms with van der Waals surface area (Å²) in [4.78, 5) is 12.5. The van der Waals surface area contributed by atoms with Crippen molar-refractivity contribution >= 4 is 51.1 Å². The molecule has 0 fully saturated rings. The highest BCUT2D eigenvalue weighted by Gasteiger charge is 2.11. The van der Waals surface area contributed by atoms with Gasteiger partial charge in [0, 0.05) is 15.7 Å². The van der Waals surface area contributed by atoms with Gasteiger partial charge in [0.2, 0.25) is 0 Å². The maximum atomic E-state index is 12.5. The predicted molar refractivity (Wildman–Crippen MR) is 128 cm³/mol. The Labute approximate surface area is 189 Å². The van der Waals surface area contributed by atoms with Crippen molar-refractivity contribution in [2.45, 2.75) is 13.8 Å². The molecule has 7 heteroatoms. The van der Waals surface area contributed by atoms with E-state index in [1.807, 2.05) is 50.2 Å². The second kappa shape index (κ2) is 10.1. The summed E-state index contributed by atoms with van der Waals surface area (Å²) in [7, 11) is 0. The summed E-state index contributed by atoms with van der Waals surface area (Å²) >= 11 is 8.70. The Morgan fingerprint density at radius 3 is 2.50 bits per heavy atom. The van der Waals surface area contributed by atoms with Crippen molar-refractivity contribution in [3.8, 4) is 5.75 Å². The molecule has 0 aromatic heterocycles. The van der Waals surface area contributed by atoms with Crippen LogP contribution in [0.15, 0.2) is 76.3 Å². The van der Waals surface area contributed by atoms with Crippen molar-refractivity contribution in [1.82, 2.24) is 5.43 Å². The van der Waals surface area contributed by atoms with Gasteiger partial charge in [-0.05, 0) is 74.1 Å². The molecule has 0 aliphatic carbocycles. The summed E-state index contributed by atoms with van der Waals surface area (Å²) in [5, 5.41) is 7.58. The third-order valence-electron chi connectivity index (χ3n) is 4.07. The SMILES string of the molecule is Cc1cccc(NC(=S)N/N=C\c2cc(Br)ccc2OC(=O)c2cccc(C)c2)c1. The molecule has 3 aromatic carbocycles. The van der Waals surface area contributed by atoms with Gasteiger partial charge in [0.1, 0.15) is 5.75 Å². The number of aryl methyl sites for hydroxylation is 2. The number of carbonyl (C=O) groups is 1. The Balaban J connectivity index is 1.68. The first-order valence-corrected chi connectivity index (χ1v) is 10.4. The van der Waals surface area contributed by atoms with E-state index in [9.17, 15) is 4.79 Å². The zero-order valence-electron chi connectivity index (χ0n) is 16.5. The fourth-order valence-electron chi connectivity index (χ4n) is 2.69. The fourth-order valence-corrected chi connectivity index (χ4v) is 3.24. The lowest BCUT2D eigenvalue weighted by atomic mass is 10.1. The average molecular weight is 482 g/mol. The highest BCUT2D eigenvalue weighted by atomic mass is 79.9. The van der Waals surface area contributed by atoms with Crippen molar-refractivity contribution in [2.75, 3.05) is 5.32 Å². The summed E-state index contributed by atoms with van der Waals surface area (Å²) in [5.41, 5.74) is 6.87. The minimum atomic E-state index is -0.430. The van der Waals surface area contributed by atoms with Crippen molar-refractivity contribution in [1.29, 1.82) is 0 Å². The first-order valence-electron chi connectivity index (χ1n) is 9.16. The second-order valence-corrected chi connectivity index (χ2v) is 7.96. The number of carbonyl (C=O) groups excluding carboxylic acids is 1. The van der Waals surface area contributed by atoms with Crippen molar-refractivity contribution in [3.05, 3.63) is 93.5 Å². The average Bonchev–Trinajstić information content (AvgIpc) is 2.70. The van der Waals surface area contributed by atoms with Crippen LogP contribution in [0, 0.1) is 13.8 Å². The number of anilines is 1. The van der Waals surface area contributed by atoms with E-state index in [-0.39, 0.29) is 0 Å². The summed E-state index contributed by atoms with van der Waals surface area (Å²) in [5.74, 6) is -0.0342. The second-order valence-electron chi connectivity index (χ2n) is 6.63. The predicted octanol–water partition coefficient (Wildman–Crippen LogP) is 5.61. The van der Waals surface area contributed by atoms with Gasteiger partial charge in [0.15, 0.2) is 5.11 Å². The standard InChI is InChI=1S/C23H20BrN3O2S/c1-15-5-3-7-17(11-15)22(28)29-21-10-9-19(24)13-18(21)14-25-27-23(30)26-20-8-4-6-16(2)12-20/h3-14H,1-2H3,(H2,26,27,30)/b25-14-. The summed E-state index contributed by atoms with van der Waals surface area (Å²) in [6.45, 7) is 3.93. The maximum Gasteiger partial charge on any atom is 0.343 e. The van der Waals surface area contributed by atoms with Gasteiger partial charge in [0.05, 0.1) is 11.8 Å². The third kappa shape index (κ3) is 6.23. The molecule has 0 aliphatic rings. The van der Waals surface area contributed by atoms with Crippen LogP contribution in [0.5, 0.6) is 5.75 Å². The fraction of sp³-hybridized carbons (Fsp3) is 0.0870. The van der Waals surface area contributed by atoms with Crippen LogP contribution in [0.25, 0.3) is 0 Å². The monoisotopic (exact) mass is 481 g/mol. The van der Waals surface area contributed by atoms with Crippen LogP contribution < -0.4 is 15.5 Å². The van der Waals surface area contributed by atoms with Gasteiger partial charge in [0.25, 0.3) is 0 Å². The van der Waals surface area contributed by atoms with Gasteiger partial charge in [-0.15, -0.1) is 0 Å². The lowest BCUT2D eigenvalue weighted by molar-refractivity contribution is 0.0734. The number of thiocarbonyl (C=S) groups is 1. The number of hydrogen-bond acceptors (Lipinski definition) is 4. The highest BCUT2D eigenvalue weighted by Crippen LogP contribution is 2.23. The first kappa shape index (κ1) is 21.7. The van der Waals surface area contributed by atoms with Gasteiger partial charge < -0.3 is 10.1 Å². The van der Waals surface area contributed by atoms with Crippen LogP contribution in [0.2, 0.25) is 0 Å². The molecule has 0 aliphatic heterocycles.